The third-order valence-electron chi connectivity index (χ3n) is 3.58. The smallest absolute Gasteiger partial charge is 0.279 e. The van der Waals surface area contributed by atoms with Crippen molar-refractivity contribution in [1.29, 1.82) is 0 Å². The Morgan fingerprint density at radius 3 is 2.80 bits per heavy atom. The third-order valence-corrected chi connectivity index (χ3v) is 3.58. The van der Waals surface area contributed by atoms with Crippen LogP contribution >= 0.6 is 0 Å². The first-order valence-corrected chi connectivity index (χ1v) is 5.95. The Kier molecular flexibility index (Phi) is 2.84. The number of nitrogens with zero attached hydrogens (tertiary/aromatic N) is 2. The molecule has 10 heteroatoms. The molecule has 1 fully saturated rings. The monoisotopic (exact) mass is 282 g/mol. The third kappa shape index (κ3) is 1.60. The molecular formula is C10H14N6O4. The van der Waals surface area contributed by atoms with Crippen molar-refractivity contribution in [2.45, 2.75) is 23.9 Å². The molecule has 108 valence electrons. The van der Waals surface area contributed by atoms with Crippen LogP contribution in [0.3, 0.4) is 0 Å². The minimum absolute atomic E-state index is 0.0447. The molecule has 3 heterocycles. The number of hydrogen-bond acceptors (Lipinski definition) is 8. The van der Waals surface area contributed by atoms with E-state index in [1.807, 2.05) is 0 Å². The van der Waals surface area contributed by atoms with Gasteiger partial charge in [-0.1, -0.05) is 0 Å². The average Bonchev–Trinajstić information content (AvgIpc) is 2.96. The number of aromatic amines is 2. The summed E-state index contributed by atoms with van der Waals surface area (Å²) in [5.41, 5.74) is 4.44. The predicted octanol–water partition coefficient (Wildman–Crippen LogP) is -3.56. The van der Waals surface area contributed by atoms with E-state index in [9.17, 15) is 15.0 Å². The molecule has 4 atom stereocenters. The zero-order valence-corrected chi connectivity index (χ0v) is 10.2. The van der Waals surface area contributed by atoms with Crippen molar-refractivity contribution in [3.05, 3.63) is 22.4 Å². The Morgan fingerprint density at radius 2 is 2.15 bits per heavy atom. The zero-order chi connectivity index (χ0) is 14.5. The minimum atomic E-state index is -1.59. The molecule has 0 saturated carbocycles. The summed E-state index contributed by atoms with van der Waals surface area (Å²) in [7, 11) is 0. The lowest BCUT2D eigenvalue weighted by molar-refractivity contribution is -0.00159. The van der Waals surface area contributed by atoms with Gasteiger partial charge in [-0.25, -0.2) is 4.98 Å². The Bertz CT molecular complexity index is 698. The first-order chi connectivity index (χ1) is 9.49. The predicted molar refractivity (Wildman–Crippen MR) is 66.4 cm³/mol. The first kappa shape index (κ1) is 13.1. The number of aliphatic hydroxyl groups excluding tert-OH is 3. The van der Waals surface area contributed by atoms with E-state index in [4.69, 9.17) is 10.8 Å². The van der Waals surface area contributed by atoms with Crippen LogP contribution in [-0.2, 0) is 5.66 Å². The molecule has 0 spiro atoms. The Balaban J connectivity index is 2.15. The molecular weight excluding hydrogens is 268 g/mol. The first-order valence-electron chi connectivity index (χ1n) is 5.95. The minimum Gasteiger partial charge on any atom is -0.395 e. The lowest BCUT2D eigenvalue weighted by atomic mass is 9.99. The van der Waals surface area contributed by atoms with Gasteiger partial charge in [0.25, 0.3) is 5.56 Å². The van der Waals surface area contributed by atoms with E-state index >= 15 is 0 Å². The summed E-state index contributed by atoms with van der Waals surface area (Å²) in [5, 5.41) is 38.2. The molecule has 10 nitrogen and oxygen atoms in total. The van der Waals surface area contributed by atoms with Gasteiger partial charge in [0.2, 0.25) is 0 Å². The van der Waals surface area contributed by atoms with E-state index in [1.165, 1.54) is 6.33 Å². The Labute approximate surface area is 111 Å². The summed E-state index contributed by atoms with van der Waals surface area (Å²) in [6, 6.07) is -0.796. The second-order valence-electron chi connectivity index (χ2n) is 4.77. The molecule has 2 aromatic rings. The molecule has 3 rings (SSSR count). The van der Waals surface area contributed by atoms with Crippen LogP contribution in [0, 0.1) is 0 Å². The molecule has 0 aromatic carbocycles. The normalized spacial score (nSPS) is 33.9. The van der Waals surface area contributed by atoms with E-state index in [0.29, 0.717) is 0 Å². The molecule has 1 saturated heterocycles. The van der Waals surface area contributed by atoms with Crippen LogP contribution in [0.25, 0.3) is 11.0 Å². The highest BCUT2D eigenvalue weighted by Crippen LogP contribution is 2.31. The van der Waals surface area contributed by atoms with Crippen molar-refractivity contribution in [2.75, 3.05) is 6.61 Å². The van der Waals surface area contributed by atoms with Crippen LogP contribution < -0.4 is 16.6 Å². The lowest BCUT2D eigenvalue weighted by Gasteiger charge is -2.27. The molecule has 0 amide bonds. The van der Waals surface area contributed by atoms with E-state index < -0.39 is 36.1 Å². The van der Waals surface area contributed by atoms with E-state index in [-0.39, 0.29) is 16.7 Å². The van der Waals surface area contributed by atoms with E-state index in [0.717, 1.165) is 0 Å². The number of nitrogens with two attached hydrogens (primary N) is 1. The largest absolute Gasteiger partial charge is 0.395 e. The molecule has 2 aromatic heterocycles. The van der Waals surface area contributed by atoms with Crippen molar-refractivity contribution in [2.24, 2.45) is 5.73 Å². The van der Waals surface area contributed by atoms with Gasteiger partial charge >= 0.3 is 0 Å². The Morgan fingerprint density at radius 1 is 1.40 bits per heavy atom. The molecule has 0 unspecified atom stereocenters. The number of aromatic nitrogens is 4. The summed E-state index contributed by atoms with van der Waals surface area (Å²) in [4.78, 5) is 17.9. The van der Waals surface area contributed by atoms with Gasteiger partial charge < -0.3 is 26.0 Å². The van der Waals surface area contributed by atoms with Crippen molar-refractivity contribution in [3.8, 4) is 0 Å². The second-order valence-corrected chi connectivity index (χ2v) is 4.77. The van der Waals surface area contributed by atoms with Gasteiger partial charge in [-0.3, -0.25) is 15.2 Å². The van der Waals surface area contributed by atoms with Crippen LogP contribution in [0.2, 0.25) is 0 Å². The van der Waals surface area contributed by atoms with Crippen molar-refractivity contribution in [3.63, 3.8) is 0 Å². The number of aliphatic hydroxyl groups is 3. The maximum absolute atomic E-state index is 11.6. The molecule has 1 aliphatic heterocycles. The molecule has 8 N–H and O–H groups in total. The fourth-order valence-electron chi connectivity index (χ4n) is 2.47. The molecule has 20 heavy (non-hydrogen) atoms. The molecule has 0 bridgehead atoms. The summed E-state index contributed by atoms with van der Waals surface area (Å²) < 4.78 is 0. The number of rotatable bonds is 2. The van der Waals surface area contributed by atoms with Crippen LogP contribution in [-0.4, -0.2) is 60.3 Å². The second kappa shape index (κ2) is 4.33. The summed E-state index contributed by atoms with van der Waals surface area (Å²) in [5.74, 6) is 0. The average molecular weight is 282 g/mol. The van der Waals surface area contributed by atoms with Crippen molar-refractivity contribution < 1.29 is 15.3 Å². The topological polar surface area (TPSA) is 173 Å². The standard InChI is InChI=1S/C10H14N6O4/c11-10(8(19)6(18)3(1-17)14-10)7-4-5(15-16-7)9(20)13-2-12-4/h2-3,6,8,14,17-19H,1,11H2,(H,15,16)(H,12,13,20)/t3-,6-,8-,10+/m1/s1. The van der Waals surface area contributed by atoms with Crippen molar-refractivity contribution >= 4 is 11.0 Å². The van der Waals surface area contributed by atoms with Gasteiger partial charge in [0.15, 0.2) is 5.52 Å². The highest BCUT2D eigenvalue weighted by Gasteiger charge is 2.52. The number of hydrogen-bond donors (Lipinski definition) is 7. The van der Waals surface area contributed by atoms with Gasteiger partial charge in [0, 0.05) is 0 Å². The van der Waals surface area contributed by atoms with Gasteiger partial charge in [0.1, 0.15) is 23.4 Å². The SMILES string of the molecule is N[C@@]1(c2[nH]nc3c(=O)[nH]cnc23)N[C@H](CO)[C@@H](O)[C@H]1O. The molecule has 0 radical (unpaired) electrons. The number of fused-ring (bicyclic) bond motifs is 1. The van der Waals surface area contributed by atoms with Gasteiger partial charge in [-0.15, -0.1) is 0 Å². The fourth-order valence-corrected chi connectivity index (χ4v) is 2.47. The van der Waals surface area contributed by atoms with Crippen LogP contribution in [0.15, 0.2) is 11.1 Å². The van der Waals surface area contributed by atoms with E-state index in [1.54, 1.807) is 0 Å². The van der Waals surface area contributed by atoms with Crippen LogP contribution in [0.5, 0.6) is 0 Å². The van der Waals surface area contributed by atoms with Crippen molar-refractivity contribution in [1.82, 2.24) is 25.5 Å². The number of H-pyrrole nitrogens is 2. The molecule has 1 aliphatic rings. The van der Waals surface area contributed by atoms with E-state index in [2.05, 4.69) is 25.5 Å². The summed E-state index contributed by atoms with van der Waals surface area (Å²) in [6.07, 6.45) is -1.47. The lowest BCUT2D eigenvalue weighted by Crippen LogP contribution is -2.55. The van der Waals surface area contributed by atoms with Gasteiger partial charge in [-0.05, 0) is 0 Å². The van der Waals surface area contributed by atoms with Gasteiger partial charge in [0.05, 0.1) is 24.7 Å². The summed E-state index contributed by atoms with van der Waals surface area (Å²) >= 11 is 0. The quantitative estimate of drug-likeness (QED) is 0.296. The highest BCUT2D eigenvalue weighted by atomic mass is 16.3. The highest BCUT2D eigenvalue weighted by molar-refractivity contribution is 5.76. The van der Waals surface area contributed by atoms with Crippen LogP contribution in [0.1, 0.15) is 5.69 Å². The molecule has 0 aliphatic carbocycles. The maximum atomic E-state index is 11.6. The maximum Gasteiger partial charge on any atom is 0.279 e. The summed E-state index contributed by atoms with van der Waals surface area (Å²) in [6.45, 7) is -0.405. The number of nitrogens with one attached hydrogen (secondary N) is 3. The zero-order valence-electron chi connectivity index (χ0n) is 10.2. The van der Waals surface area contributed by atoms with Crippen LogP contribution in [0.4, 0.5) is 0 Å². The fraction of sp³-hybridized carbons (Fsp3) is 0.500. The Hall–Kier alpha value is -1.85. The van der Waals surface area contributed by atoms with Gasteiger partial charge in [-0.2, -0.15) is 5.10 Å².